The molecule has 1 aliphatic heterocycles. The van der Waals surface area contributed by atoms with Crippen molar-refractivity contribution in [2.45, 2.75) is 12.5 Å². The average molecular weight is 316 g/mol. The van der Waals surface area contributed by atoms with Gasteiger partial charge in [0.1, 0.15) is 0 Å². The lowest BCUT2D eigenvalue weighted by molar-refractivity contribution is 0.0460. The van der Waals surface area contributed by atoms with Gasteiger partial charge in [-0.1, -0.05) is 46.3 Å². The average Bonchev–Trinajstić information content (AvgIpc) is 2.41. The minimum absolute atomic E-state index is 0.125. The van der Waals surface area contributed by atoms with Crippen LogP contribution in [0.15, 0.2) is 59.1 Å². The molecule has 2 aromatic carbocycles. The summed E-state index contributed by atoms with van der Waals surface area (Å²) in [7, 11) is 0. The van der Waals surface area contributed by atoms with Crippen LogP contribution in [0.3, 0.4) is 0 Å². The third-order valence-electron chi connectivity index (χ3n) is 3.56. The van der Waals surface area contributed by atoms with E-state index in [0.717, 1.165) is 23.0 Å². The maximum atomic E-state index is 12.4. The Labute approximate surface area is 121 Å². The second-order valence-corrected chi connectivity index (χ2v) is 5.64. The molecule has 0 aliphatic carbocycles. The normalized spacial score (nSPS) is 17.9. The van der Waals surface area contributed by atoms with Gasteiger partial charge in [0.25, 0.3) is 5.91 Å². The maximum absolute atomic E-state index is 12.4. The van der Waals surface area contributed by atoms with Crippen LogP contribution in [-0.4, -0.2) is 17.4 Å². The van der Waals surface area contributed by atoms with Gasteiger partial charge in [-0.05, 0) is 36.2 Å². The molecule has 1 unspecified atom stereocenters. The van der Waals surface area contributed by atoms with Crippen LogP contribution < -0.4 is 0 Å². The van der Waals surface area contributed by atoms with E-state index < -0.39 is 0 Å². The van der Waals surface area contributed by atoms with E-state index in [0.29, 0.717) is 0 Å². The number of carbonyl (C=O) groups is 1. The molecule has 3 rings (SSSR count). The predicted molar refractivity (Wildman–Crippen MR) is 79.0 cm³/mol. The predicted octanol–water partition coefficient (Wildman–Crippen LogP) is 4.04. The van der Waals surface area contributed by atoms with Crippen molar-refractivity contribution in [1.82, 2.24) is 4.90 Å². The molecule has 0 aromatic heterocycles. The van der Waals surface area contributed by atoms with Crippen molar-refractivity contribution in [2.24, 2.45) is 0 Å². The zero-order valence-corrected chi connectivity index (χ0v) is 12.0. The van der Waals surface area contributed by atoms with Crippen LogP contribution in [0.2, 0.25) is 0 Å². The van der Waals surface area contributed by atoms with E-state index in [-0.39, 0.29) is 11.9 Å². The SMILES string of the molecule is O=C(c1ccccc1)N1CCC1c1ccc(Br)cc1. The topological polar surface area (TPSA) is 20.3 Å². The Morgan fingerprint density at radius 1 is 1.05 bits per heavy atom. The van der Waals surface area contributed by atoms with Crippen LogP contribution in [0.1, 0.15) is 28.4 Å². The first kappa shape index (κ1) is 12.4. The van der Waals surface area contributed by atoms with Crippen LogP contribution in [-0.2, 0) is 0 Å². The fourth-order valence-electron chi connectivity index (χ4n) is 2.41. The van der Waals surface area contributed by atoms with E-state index in [4.69, 9.17) is 0 Å². The molecule has 1 heterocycles. The van der Waals surface area contributed by atoms with Crippen molar-refractivity contribution < 1.29 is 4.79 Å². The van der Waals surface area contributed by atoms with Crippen molar-refractivity contribution in [2.75, 3.05) is 6.54 Å². The highest BCUT2D eigenvalue weighted by Gasteiger charge is 2.33. The monoisotopic (exact) mass is 315 g/mol. The molecule has 1 fully saturated rings. The van der Waals surface area contributed by atoms with Gasteiger partial charge in [-0.2, -0.15) is 0 Å². The number of likely N-dealkylation sites (tertiary alicyclic amines) is 1. The number of benzene rings is 2. The summed E-state index contributed by atoms with van der Waals surface area (Å²) in [5.74, 6) is 0.125. The molecule has 0 bridgehead atoms. The fourth-order valence-corrected chi connectivity index (χ4v) is 2.67. The van der Waals surface area contributed by atoms with Crippen molar-refractivity contribution >= 4 is 21.8 Å². The molecular formula is C16H14BrNO. The Kier molecular flexibility index (Phi) is 3.38. The molecule has 1 saturated heterocycles. The second-order valence-electron chi connectivity index (χ2n) is 4.72. The van der Waals surface area contributed by atoms with Gasteiger partial charge in [0.15, 0.2) is 0 Å². The summed E-state index contributed by atoms with van der Waals surface area (Å²) in [5.41, 5.74) is 1.98. The summed E-state index contributed by atoms with van der Waals surface area (Å²) >= 11 is 3.43. The standard InChI is InChI=1S/C16H14BrNO/c17-14-8-6-12(7-9-14)15-10-11-18(15)16(19)13-4-2-1-3-5-13/h1-9,15H,10-11H2. The Morgan fingerprint density at radius 3 is 2.32 bits per heavy atom. The largest absolute Gasteiger partial charge is 0.331 e. The smallest absolute Gasteiger partial charge is 0.254 e. The lowest BCUT2D eigenvalue weighted by atomic mass is 9.94. The zero-order valence-electron chi connectivity index (χ0n) is 10.4. The van der Waals surface area contributed by atoms with Crippen LogP contribution >= 0.6 is 15.9 Å². The van der Waals surface area contributed by atoms with E-state index in [1.54, 1.807) is 0 Å². The fraction of sp³-hybridized carbons (Fsp3) is 0.188. The highest BCUT2D eigenvalue weighted by molar-refractivity contribution is 9.10. The molecular weight excluding hydrogens is 302 g/mol. The first-order valence-corrected chi connectivity index (χ1v) is 7.16. The van der Waals surface area contributed by atoms with Crippen molar-refractivity contribution in [3.63, 3.8) is 0 Å². The van der Waals surface area contributed by atoms with Gasteiger partial charge in [-0.15, -0.1) is 0 Å². The van der Waals surface area contributed by atoms with E-state index in [1.165, 1.54) is 5.56 Å². The van der Waals surface area contributed by atoms with Crippen molar-refractivity contribution in [1.29, 1.82) is 0 Å². The Hall–Kier alpha value is -1.61. The van der Waals surface area contributed by atoms with Gasteiger partial charge in [-0.3, -0.25) is 4.79 Å². The molecule has 3 heteroatoms. The quantitative estimate of drug-likeness (QED) is 0.819. The minimum atomic E-state index is 0.125. The van der Waals surface area contributed by atoms with E-state index in [1.807, 2.05) is 47.4 Å². The van der Waals surface area contributed by atoms with Gasteiger partial charge >= 0.3 is 0 Å². The highest BCUT2D eigenvalue weighted by atomic mass is 79.9. The third-order valence-corrected chi connectivity index (χ3v) is 4.08. The number of carbonyl (C=O) groups excluding carboxylic acids is 1. The molecule has 0 N–H and O–H groups in total. The Bertz CT molecular complexity index is 579. The molecule has 96 valence electrons. The molecule has 2 nitrogen and oxygen atoms in total. The summed E-state index contributed by atoms with van der Waals surface area (Å²) in [6.07, 6.45) is 1.04. The number of amides is 1. The van der Waals surface area contributed by atoms with E-state index in [2.05, 4.69) is 28.1 Å². The van der Waals surface area contributed by atoms with Crippen molar-refractivity contribution in [3.8, 4) is 0 Å². The third kappa shape index (κ3) is 2.43. The molecule has 1 aliphatic rings. The minimum Gasteiger partial charge on any atom is -0.331 e. The molecule has 0 saturated carbocycles. The number of hydrogen-bond donors (Lipinski definition) is 0. The highest BCUT2D eigenvalue weighted by Crippen LogP contribution is 2.34. The first-order chi connectivity index (χ1) is 9.25. The van der Waals surface area contributed by atoms with Crippen LogP contribution in [0.5, 0.6) is 0 Å². The summed E-state index contributed by atoms with van der Waals surface area (Å²) in [4.78, 5) is 14.3. The van der Waals surface area contributed by atoms with Gasteiger partial charge in [0, 0.05) is 16.6 Å². The lowest BCUT2D eigenvalue weighted by Crippen LogP contribution is -2.45. The Balaban J connectivity index is 1.80. The van der Waals surface area contributed by atoms with E-state index in [9.17, 15) is 4.79 Å². The second kappa shape index (κ2) is 5.17. The molecule has 1 atom stereocenters. The Morgan fingerprint density at radius 2 is 1.74 bits per heavy atom. The number of hydrogen-bond acceptors (Lipinski definition) is 1. The van der Waals surface area contributed by atoms with Gasteiger partial charge in [0.2, 0.25) is 0 Å². The number of nitrogens with zero attached hydrogens (tertiary/aromatic N) is 1. The number of rotatable bonds is 2. The molecule has 2 aromatic rings. The summed E-state index contributed by atoms with van der Waals surface area (Å²) in [6, 6.07) is 17.9. The lowest BCUT2D eigenvalue weighted by Gasteiger charge is -2.41. The van der Waals surface area contributed by atoms with Crippen LogP contribution in [0.25, 0.3) is 0 Å². The maximum Gasteiger partial charge on any atom is 0.254 e. The first-order valence-electron chi connectivity index (χ1n) is 6.37. The molecule has 0 radical (unpaired) electrons. The van der Waals surface area contributed by atoms with Crippen molar-refractivity contribution in [3.05, 3.63) is 70.2 Å². The molecule has 1 amide bonds. The van der Waals surface area contributed by atoms with Crippen LogP contribution in [0, 0.1) is 0 Å². The van der Waals surface area contributed by atoms with E-state index >= 15 is 0 Å². The zero-order chi connectivity index (χ0) is 13.2. The summed E-state index contributed by atoms with van der Waals surface area (Å²) in [5, 5.41) is 0. The summed E-state index contributed by atoms with van der Waals surface area (Å²) < 4.78 is 1.07. The van der Waals surface area contributed by atoms with Gasteiger partial charge in [0.05, 0.1) is 6.04 Å². The van der Waals surface area contributed by atoms with Crippen LogP contribution in [0.4, 0.5) is 0 Å². The molecule has 0 spiro atoms. The molecule has 19 heavy (non-hydrogen) atoms. The van der Waals surface area contributed by atoms with Gasteiger partial charge < -0.3 is 4.90 Å². The number of halogens is 1. The van der Waals surface area contributed by atoms with Gasteiger partial charge in [-0.25, -0.2) is 0 Å². The summed E-state index contributed by atoms with van der Waals surface area (Å²) in [6.45, 7) is 0.842.